The molecule has 1 saturated carbocycles. The van der Waals surface area contributed by atoms with Gasteiger partial charge in [-0.1, -0.05) is 33.1 Å². The Kier molecular flexibility index (Phi) is 9.23. The predicted octanol–water partition coefficient (Wildman–Crippen LogP) is 5.11. The van der Waals surface area contributed by atoms with Crippen LogP contribution in [0.3, 0.4) is 0 Å². The number of unbranched alkanes of at least 4 members (excludes halogenated alkanes) is 1. The smallest absolute Gasteiger partial charge is 0.000810 e. The summed E-state index contributed by atoms with van der Waals surface area (Å²) in [6.45, 7) is 7.05. The lowest BCUT2D eigenvalue weighted by Crippen LogP contribution is -2.38. The van der Waals surface area contributed by atoms with Crippen LogP contribution in [0, 0.1) is 11.3 Å². The van der Waals surface area contributed by atoms with Crippen molar-refractivity contribution in [3.05, 3.63) is 0 Å². The van der Waals surface area contributed by atoms with Crippen LogP contribution in [0.15, 0.2) is 0 Å². The van der Waals surface area contributed by atoms with Crippen LogP contribution in [0.5, 0.6) is 0 Å². The van der Waals surface area contributed by atoms with Gasteiger partial charge in [-0.05, 0) is 68.4 Å². The molecule has 2 heteroatoms. The maximum atomic E-state index is 3.70. The summed E-state index contributed by atoms with van der Waals surface area (Å²) in [7, 11) is 0. The van der Waals surface area contributed by atoms with Gasteiger partial charge in [-0.3, -0.25) is 0 Å². The van der Waals surface area contributed by atoms with Gasteiger partial charge in [-0.15, -0.1) is 0 Å². The first kappa shape index (κ1) is 17.4. The number of hydrogen-bond acceptors (Lipinski definition) is 2. The third-order valence-corrected chi connectivity index (χ3v) is 5.51. The van der Waals surface area contributed by atoms with E-state index in [1.165, 1.54) is 76.6 Å². The van der Waals surface area contributed by atoms with Crippen molar-refractivity contribution in [2.75, 3.05) is 25.1 Å². The highest BCUT2D eigenvalue weighted by Crippen LogP contribution is 2.43. The van der Waals surface area contributed by atoms with Crippen LogP contribution in [0.4, 0.5) is 0 Å². The molecular formula is C17H35NS. The molecule has 0 aromatic carbocycles. The number of thioether (sulfide) groups is 1. The Morgan fingerprint density at radius 1 is 1.16 bits per heavy atom. The van der Waals surface area contributed by atoms with E-state index in [-0.39, 0.29) is 0 Å². The van der Waals surface area contributed by atoms with Gasteiger partial charge in [0.05, 0.1) is 0 Å². The van der Waals surface area contributed by atoms with Crippen molar-refractivity contribution in [2.24, 2.45) is 11.3 Å². The van der Waals surface area contributed by atoms with Crippen LogP contribution in [0.2, 0.25) is 0 Å². The first-order valence-corrected chi connectivity index (χ1v) is 9.85. The normalized spacial score (nSPS) is 27.6. The van der Waals surface area contributed by atoms with Crippen molar-refractivity contribution in [1.29, 1.82) is 0 Å². The number of nitrogens with one attached hydrogen (secondary N) is 1. The van der Waals surface area contributed by atoms with Crippen molar-refractivity contribution in [2.45, 2.75) is 71.6 Å². The Morgan fingerprint density at radius 3 is 2.47 bits per heavy atom. The van der Waals surface area contributed by atoms with Crippen LogP contribution in [-0.2, 0) is 0 Å². The molecule has 19 heavy (non-hydrogen) atoms. The zero-order chi connectivity index (χ0) is 14.0. The van der Waals surface area contributed by atoms with Crippen molar-refractivity contribution >= 4 is 11.8 Å². The van der Waals surface area contributed by atoms with E-state index >= 15 is 0 Å². The Bertz CT molecular complexity index is 209. The second kappa shape index (κ2) is 10.1. The van der Waals surface area contributed by atoms with E-state index < -0.39 is 0 Å². The summed E-state index contributed by atoms with van der Waals surface area (Å²) in [4.78, 5) is 0. The van der Waals surface area contributed by atoms with E-state index in [0.29, 0.717) is 5.41 Å². The highest BCUT2D eigenvalue weighted by atomic mass is 32.2. The highest BCUT2D eigenvalue weighted by Gasteiger charge is 2.34. The molecule has 0 saturated heterocycles. The van der Waals surface area contributed by atoms with Crippen LogP contribution >= 0.6 is 11.8 Å². The first-order valence-electron chi connectivity index (χ1n) is 8.46. The molecule has 1 aliphatic rings. The third kappa shape index (κ3) is 6.53. The first-order chi connectivity index (χ1) is 9.26. The monoisotopic (exact) mass is 285 g/mol. The van der Waals surface area contributed by atoms with E-state index in [1.807, 2.05) is 11.8 Å². The summed E-state index contributed by atoms with van der Waals surface area (Å²) in [5.41, 5.74) is 0.626. The largest absolute Gasteiger partial charge is 0.316 e. The molecule has 0 amide bonds. The van der Waals surface area contributed by atoms with Gasteiger partial charge in [0.1, 0.15) is 0 Å². The summed E-state index contributed by atoms with van der Waals surface area (Å²) in [6, 6.07) is 0. The van der Waals surface area contributed by atoms with E-state index in [4.69, 9.17) is 0 Å². The number of hydrogen-bond donors (Lipinski definition) is 1. The molecule has 1 fully saturated rings. The minimum absolute atomic E-state index is 0.626. The molecule has 0 atom stereocenters. The molecule has 114 valence electrons. The summed E-state index contributed by atoms with van der Waals surface area (Å²) in [5, 5.41) is 3.70. The maximum Gasteiger partial charge on any atom is 0.000810 e. The van der Waals surface area contributed by atoms with Crippen LogP contribution in [0.25, 0.3) is 0 Å². The molecule has 1 nitrogen and oxygen atoms in total. The quantitative estimate of drug-likeness (QED) is 0.560. The van der Waals surface area contributed by atoms with Gasteiger partial charge >= 0.3 is 0 Å². The van der Waals surface area contributed by atoms with Crippen molar-refractivity contribution in [3.8, 4) is 0 Å². The molecule has 0 aromatic heterocycles. The standard InChI is InChI=1S/C17H35NS/c1-4-6-7-16-8-10-17(11-9-16,12-14-19-3)15-18-13-5-2/h16,18H,4-15H2,1-3H3. The van der Waals surface area contributed by atoms with E-state index in [1.54, 1.807) is 0 Å². The predicted molar refractivity (Wildman–Crippen MR) is 90.1 cm³/mol. The van der Waals surface area contributed by atoms with E-state index in [9.17, 15) is 0 Å². The summed E-state index contributed by atoms with van der Waals surface area (Å²) in [5.74, 6) is 2.38. The maximum absolute atomic E-state index is 3.70. The van der Waals surface area contributed by atoms with Gasteiger partial charge in [-0.25, -0.2) is 0 Å². The van der Waals surface area contributed by atoms with Crippen LogP contribution in [-0.4, -0.2) is 25.1 Å². The van der Waals surface area contributed by atoms with Gasteiger partial charge in [0, 0.05) is 6.54 Å². The Labute approximate surface area is 125 Å². The van der Waals surface area contributed by atoms with Crippen LogP contribution < -0.4 is 5.32 Å². The molecule has 0 spiro atoms. The lowest BCUT2D eigenvalue weighted by atomic mass is 9.68. The highest BCUT2D eigenvalue weighted by molar-refractivity contribution is 7.98. The van der Waals surface area contributed by atoms with Gasteiger partial charge in [0.15, 0.2) is 0 Å². The van der Waals surface area contributed by atoms with Crippen molar-refractivity contribution < 1.29 is 0 Å². The lowest BCUT2D eigenvalue weighted by molar-refractivity contribution is 0.135. The fourth-order valence-corrected chi connectivity index (χ4v) is 4.07. The molecule has 0 radical (unpaired) electrons. The second-order valence-corrected chi connectivity index (χ2v) is 7.49. The van der Waals surface area contributed by atoms with Gasteiger partial charge in [-0.2, -0.15) is 11.8 Å². The van der Waals surface area contributed by atoms with Gasteiger partial charge in [0.25, 0.3) is 0 Å². The summed E-state index contributed by atoms with van der Waals surface area (Å²) >= 11 is 2.02. The summed E-state index contributed by atoms with van der Waals surface area (Å²) in [6.07, 6.45) is 15.1. The molecule has 1 N–H and O–H groups in total. The number of rotatable bonds is 10. The average molecular weight is 286 g/mol. The SMILES string of the molecule is CCCCC1CCC(CCSC)(CNCCC)CC1. The molecule has 1 aliphatic carbocycles. The van der Waals surface area contributed by atoms with Crippen LogP contribution in [0.1, 0.15) is 71.6 Å². The molecule has 0 aliphatic heterocycles. The zero-order valence-corrected chi connectivity index (χ0v) is 14.3. The minimum Gasteiger partial charge on any atom is -0.316 e. The van der Waals surface area contributed by atoms with Gasteiger partial charge < -0.3 is 5.32 Å². The van der Waals surface area contributed by atoms with E-state index in [2.05, 4.69) is 25.4 Å². The fraction of sp³-hybridized carbons (Fsp3) is 1.00. The molecular weight excluding hydrogens is 250 g/mol. The topological polar surface area (TPSA) is 12.0 Å². The Balaban J connectivity index is 2.39. The third-order valence-electron chi connectivity index (χ3n) is 4.90. The van der Waals surface area contributed by atoms with Crippen molar-refractivity contribution in [1.82, 2.24) is 5.32 Å². The Morgan fingerprint density at radius 2 is 1.89 bits per heavy atom. The lowest BCUT2D eigenvalue weighted by Gasteiger charge is -2.41. The average Bonchev–Trinajstić information content (AvgIpc) is 2.45. The Hall–Kier alpha value is 0.310. The minimum atomic E-state index is 0.626. The molecule has 0 unspecified atom stereocenters. The van der Waals surface area contributed by atoms with Gasteiger partial charge in [0.2, 0.25) is 0 Å². The molecule has 1 rings (SSSR count). The van der Waals surface area contributed by atoms with Crippen molar-refractivity contribution in [3.63, 3.8) is 0 Å². The summed E-state index contributed by atoms with van der Waals surface area (Å²) < 4.78 is 0. The molecule has 0 heterocycles. The molecule has 0 aromatic rings. The van der Waals surface area contributed by atoms with E-state index in [0.717, 1.165) is 5.92 Å². The zero-order valence-electron chi connectivity index (χ0n) is 13.5. The second-order valence-electron chi connectivity index (χ2n) is 6.51. The fourth-order valence-electron chi connectivity index (χ4n) is 3.44. The molecule has 0 bridgehead atoms.